The van der Waals surface area contributed by atoms with Crippen molar-refractivity contribution in [3.8, 4) is 45.0 Å². The number of rotatable bonds is 11. The van der Waals surface area contributed by atoms with Crippen LogP contribution in [0, 0.1) is 6.92 Å². The molecule has 0 aliphatic heterocycles. The second kappa shape index (κ2) is 25.8. The fourth-order valence-electron chi connectivity index (χ4n) is 8.42. The molecule has 0 radical (unpaired) electrons. The lowest BCUT2D eigenvalue weighted by atomic mass is 9.95. The summed E-state index contributed by atoms with van der Waals surface area (Å²) in [6.07, 6.45) is 25.5. The van der Waals surface area contributed by atoms with E-state index in [9.17, 15) is 0 Å². The van der Waals surface area contributed by atoms with E-state index >= 15 is 0 Å². The molecular weight excluding hydrogens is 901 g/mol. The average Bonchev–Trinajstić information content (AvgIpc) is 3.46. The summed E-state index contributed by atoms with van der Waals surface area (Å²) in [7, 11) is 0. The number of benzene rings is 5. The van der Waals surface area contributed by atoms with E-state index in [-0.39, 0.29) is 0 Å². The Kier molecular flexibility index (Phi) is 18.4. The van der Waals surface area contributed by atoms with Gasteiger partial charge in [-0.25, -0.2) is 19.9 Å². The Labute approximate surface area is 437 Å². The van der Waals surface area contributed by atoms with E-state index in [0.29, 0.717) is 11.5 Å². The first-order valence-corrected chi connectivity index (χ1v) is 25.1. The molecule has 0 fully saturated rings. The molecule has 2 N–H and O–H groups in total. The van der Waals surface area contributed by atoms with Gasteiger partial charge in [-0.05, 0) is 133 Å². The van der Waals surface area contributed by atoms with Gasteiger partial charge in [-0.2, -0.15) is 0 Å². The number of fused-ring (bicyclic) bond motifs is 3. The smallest absolute Gasteiger partial charge is 0.179 e. The van der Waals surface area contributed by atoms with Gasteiger partial charge in [-0.1, -0.05) is 197 Å². The molecule has 6 nitrogen and oxygen atoms in total. The van der Waals surface area contributed by atoms with Crippen molar-refractivity contribution in [1.82, 2.24) is 24.9 Å². The van der Waals surface area contributed by atoms with Crippen molar-refractivity contribution in [2.45, 2.75) is 47.5 Å². The summed E-state index contributed by atoms with van der Waals surface area (Å²) in [5.41, 5.74) is 23.6. The van der Waals surface area contributed by atoms with Crippen molar-refractivity contribution < 1.29 is 0 Å². The van der Waals surface area contributed by atoms with E-state index in [1.165, 1.54) is 5.56 Å². The Morgan fingerprint density at radius 3 is 1.85 bits per heavy atom. The van der Waals surface area contributed by atoms with Gasteiger partial charge in [0, 0.05) is 27.9 Å². The number of allylic oxidation sites excluding steroid dienone is 13. The van der Waals surface area contributed by atoms with Crippen LogP contribution in [0.3, 0.4) is 0 Å². The number of aromatic nitrogens is 5. The summed E-state index contributed by atoms with van der Waals surface area (Å²) in [5, 5.41) is 3.12. The van der Waals surface area contributed by atoms with E-state index in [1.807, 2.05) is 94.5 Å². The quantitative estimate of drug-likeness (QED) is 0.103. The fourth-order valence-corrected chi connectivity index (χ4v) is 8.42. The van der Waals surface area contributed by atoms with Gasteiger partial charge in [0.1, 0.15) is 5.69 Å². The van der Waals surface area contributed by atoms with Gasteiger partial charge < -0.3 is 5.73 Å². The fraction of sp³-hybridized carbons (Fsp3) is 0.103. The third-order valence-electron chi connectivity index (χ3n) is 12.2. The number of hydrogen-bond acceptors (Lipinski definition) is 6. The summed E-state index contributed by atoms with van der Waals surface area (Å²) in [4.78, 5) is 24.7. The summed E-state index contributed by atoms with van der Waals surface area (Å²) in [6.45, 7) is 25.1. The summed E-state index contributed by atoms with van der Waals surface area (Å²) in [5.74, 6) is 0.588. The molecule has 0 saturated carbocycles. The first kappa shape index (κ1) is 52.7. The highest BCUT2D eigenvalue weighted by atomic mass is 14.9. The molecule has 0 amide bonds. The Morgan fingerprint density at radius 2 is 1.27 bits per heavy atom. The third-order valence-corrected chi connectivity index (χ3v) is 12.2. The SMILES string of the molecule is C=C/C=C(\C=C/C)c1cc(C2=CCCC=C2)nc(-c2ccc3cc(-c4ccc5nc(-c6ccc(-c7cc(C=C)c(N)c8ncccc78)cc6)ccc5c4)ccc3n2)n1.C=CC(=C)/C=C\C.CC.Cc1ccccc1. The van der Waals surface area contributed by atoms with E-state index in [0.717, 1.165) is 118 Å². The summed E-state index contributed by atoms with van der Waals surface area (Å²) >= 11 is 0. The number of nitrogens with zero attached hydrogens (tertiary/aromatic N) is 5. The molecule has 4 aromatic heterocycles. The largest absolute Gasteiger partial charge is 0.396 e. The van der Waals surface area contributed by atoms with Crippen LogP contribution >= 0.6 is 0 Å². The van der Waals surface area contributed by atoms with Gasteiger partial charge in [0.05, 0.1) is 39.3 Å². The van der Waals surface area contributed by atoms with E-state index in [2.05, 4.69) is 160 Å². The number of pyridine rings is 3. The van der Waals surface area contributed by atoms with Crippen molar-refractivity contribution >= 4 is 55.6 Å². The highest BCUT2D eigenvalue weighted by Gasteiger charge is 2.15. The lowest BCUT2D eigenvalue weighted by molar-refractivity contribution is 1.03. The normalized spacial score (nSPS) is 12.0. The molecule has 1 aliphatic carbocycles. The zero-order valence-corrected chi connectivity index (χ0v) is 43.3. The van der Waals surface area contributed by atoms with Crippen molar-refractivity contribution in [3.63, 3.8) is 0 Å². The minimum atomic E-state index is 0.588. The number of nitrogen functional groups attached to an aromatic ring is 1. The van der Waals surface area contributed by atoms with E-state index in [4.69, 9.17) is 25.7 Å². The number of nitrogens with two attached hydrogens (primary N) is 1. The molecule has 0 bridgehead atoms. The molecule has 0 unspecified atom stereocenters. The molecule has 9 aromatic rings. The van der Waals surface area contributed by atoms with Crippen LogP contribution in [0.1, 0.15) is 63.1 Å². The van der Waals surface area contributed by atoms with Crippen LogP contribution in [0.4, 0.5) is 5.69 Å². The molecule has 366 valence electrons. The first-order valence-electron chi connectivity index (χ1n) is 25.1. The third kappa shape index (κ3) is 12.8. The van der Waals surface area contributed by atoms with Gasteiger partial charge in [0.25, 0.3) is 0 Å². The maximum atomic E-state index is 6.40. The molecule has 5 aromatic carbocycles. The van der Waals surface area contributed by atoms with Gasteiger partial charge in [-0.3, -0.25) is 4.98 Å². The maximum absolute atomic E-state index is 6.40. The van der Waals surface area contributed by atoms with Gasteiger partial charge >= 0.3 is 0 Å². The highest BCUT2D eigenvalue weighted by molar-refractivity contribution is 6.03. The van der Waals surface area contributed by atoms with Crippen LogP contribution in [0.5, 0.6) is 0 Å². The zero-order chi connectivity index (χ0) is 52.4. The first-order chi connectivity index (χ1) is 36.2. The van der Waals surface area contributed by atoms with E-state index in [1.54, 1.807) is 24.4 Å². The topological polar surface area (TPSA) is 90.5 Å². The number of anilines is 1. The Bertz CT molecular complexity index is 3630. The zero-order valence-electron chi connectivity index (χ0n) is 43.3. The predicted octanol–water partition coefficient (Wildman–Crippen LogP) is 18.2. The Balaban J connectivity index is 0.000000433. The molecule has 0 spiro atoms. The molecule has 1 aliphatic rings. The van der Waals surface area contributed by atoms with Crippen molar-refractivity contribution in [3.05, 3.63) is 261 Å². The molecule has 4 heterocycles. The predicted molar refractivity (Wildman–Crippen MR) is 320 cm³/mol. The number of hydrogen-bond donors (Lipinski definition) is 1. The van der Waals surface area contributed by atoms with Crippen molar-refractivity contribution in [1.29, 1.82) is 0 Å². The van der Waals surface area contributed by atoms with Gasteiger partial charge in [0.2, 0.25) is 0 Å². The Morgan fingerprint density at radius 1 is 0.622 bits per heavy atom. The number of aryl methyl sites for hydroxylation is 1. The monoisotopic (exact) mass is 965 g/mol. The molecule has 74 heavy (non-hydrogen) atoms. The van der Waals surface area contributed by atoms with Crippen LogP contribution in [-0.2, 0) is 0 Å². The van der Waals surface area contributed by atoms with Crippen molar-refractivity contribution in [2.24, 2.45) is 0 Å². The summed E-state index contributed by atoms with van der Waals surface area (Å²) in [6, 6.07) is 48.1. The van der Waals surface area contributed by atoms with Crippen LogP contribution in [0.25, 0.3) is 95.0 Å². The van der Waals surface area contributed by atoms with Gasteiger partial charge in [-0.15, -0.1) is 0 Å². The molecule has 10 rings (SSSR count). The van der Waals surface area contributed by atoms with Crippen LogP contribution in [0.2, 0.25) is 0 Å². The molecule has 6 heteroatoms. The molecule has 0 saturated heterocycles. The lowest BCUT2D eigenvalue weighted by Gasteiger charge is -2.12. The minimum absolute atomic E-state index is 0.588. The Hall–Kier alpha value is -9.13. The minimum Gasteiger partial charge on any atom is -0.396 e. The maximum Gasteiger partial charge on any atom is 0.179 e. The van der Waals surface area contributed by atoms with Crippen LogP contribution in [-0.4, -0.2) is 24.9 Å². The van der Waals surface area contributed by atoms with E-state index < -0.39 is 0 Å². The van der Waals surface area contributed by atoms with Gasteiger partial charge in [0.15, 0.2) is 5.82 Å². The molecular formula is C68H64N6. The molecule has 0 atom stereocenters. The van der Waals surface area contributed by atoms with Crippen LogP contribution in [0.15, 0.2) is 238 Å². The standard InChI is InChI=1S/C52H40N6.C7H8.C7H10.C2H6/c1-4-11-35(12-5-2)48-32-49(36-13-8-7-9-14-36)58-52(57-48)47-27-23-41-30-39(21-25-46(41)56-47)38-20-24-45-40(29-38)22-26-44(55-45)37-18-16-34(17-19-37)43-31-33(6-3)50(53)51-42(43)15-10-28-54-51;1-7-5-3-2-4-6-7;1-4-6-7(3)5-2;1-2/h4-6,8,10-32H,1,3,7,9,53H2,2H3;2-6H,1H3;4-6H,2-3H2,1H3;1-2H3/b12-5-,35-11+;;6-4-;. The van der Waals surface area contributed by atoms with Crippen LogP contribution < -0.4 is 5.73 Å². The summed E-state index contributed by atoms with van der Waals surface area (Å²) < 4.78 is 0. The second-order valence-electron chi connectivity index (χ2n) is 17.2. The average molecular weight is 965 g/mol. The highest BCUT2D eigenvalue weighted by Crippen LogP contribution is 2.36. The lowest BCUT2D eigenvalue weighted by Crippen LogP contribution is -2.01. The van der Waals surface area contributed by atoms with Crippen molar-refractivity contribution in [2.75, 3.05) is 5.73 Å². The second-order valence-corrected chi connectivity index (χ2v) is 17.2.